The highest BCUT2D eigenvalue weighted by Gasteiger charge is 2.27. The molecule has 2 aromatic carbocycles. The third-order valence-corrected chi connectivity index (χ3v) is 9.78. The highest BCUT2D eigenvalue weighted by Crippen LogP contribution is 2.38. The number of methoxy groups -OCH3 is 1. The van der Waals surface area contributed by atoms with E-state index >= 15 is 0 Å². The molecule has 0 aliphatic heterocycles. The fraction of sp³-hybridized carbons (Fsp3) is 0.243. The van der Waals surface area contributed by atoms with E-state index in [0.717, 1.165) is 15.6 Å². The van der Waals surface area contributed by atoms with Gasteiger partial charge in [-0.3, -0.25) is 10.00 Å². The first-order valence-electron chi connectivity index (χ1n) is 15.9. The van der Waals surface area contributed by atoms with Gasteiger partial charge in [0.25, 0.3) is 10.0 Å². The Bertz CT molecular complexity index is 2390. The van der Waals surface area contributed by atoms with Crippen molar-refractivity contribution in [1.29, 1.82) is 0 Å². The second kappa shape index (κ2) is 13.2. The van der Waals surface area contributed by atoms with Gasteiger partial charge in [-0.2, -0.15) is 5.10 Å². The maximum absolute atomic E-state index is 14.1. The number of hydrogen-bond acceptors (Lipinski definition) is 8. The van der Waals surface area contributed by atoms with Crippen molar-refractivity contribution in [3.63, 3.8) is 0 Å². The van der Waals surface area contributed by atoms with Crippen molar-refractivity contribution in [3.8, 4) is 28.0 Å². The molecule has 0 aliphatic rings. The number of aromatic nitrogens is 5. The van der Waals surface area contributed by atoms with Crippen LogP contribution in [-0.4, -0.2) is 50.9 Å². The largest absolute Gasteiger partial charge is 0.493 e. The highest BCUT2D eigenvalue weighted by molar-refractivity contribution is 7.90. The normalized spacial score (nSPS) is 11.9. The predicted octanol–water partition coefficient (Wildman–Crippen LogP) is 7.81. The Labute approximate surface area is 293 Å². The lowest BCUT2D eigenvalue weighted by atomic mass is 10.0. The number of carbonyl (C=O) groups is 1. The van der Waals surface area contributed by atoms with E-state index in [-0.39, 0.29) is 28.7 Å². The highest BCUT2D eigenvalue weighted by atomic mass is 32.2. The van der Waals surface area contributed by atoms with Crippen molar-refractivity contribution >= 4 is 33.0 Å². The molecule has 0 aliphatic carbocycles. The summed E-state index contributed by atoms with van der Waals surface area (Å²) in [5.41, 5.74) is 4.30. The first-order chi connectivity index (χ1) is 24.0. The number of rotatable bonds is 8. The zero-order valence-corrected chi connectivity index (χ0v) is 29.9. The second-order valence-corrected chi connectivity index (χ2v) is 14.9. The molecule has 0 radical (unpaired) electrons. The van der Waals surface area contributed by atoms with E-state index in [1.54, 1.807) is 68.8 Å². The van der Waals surface area contributed by atoms with Gasteiger partial charge in [0.05, 0.1) is 24.2 Å². The molecule has 1 N–H and O–H groups in total. The lowest BCUT2D eigenvalue weighted by Crippen LogP contribution is -2.27. The first-order valence-corrected chi connectivity index (χ1v) is 17.3. The summed E-state index contributed by atoms with van der Waals surface area (Å²) >= 11 is 0. The maximum Gasteiger partial charge on any atom is 0.413 e. The molecule has 0 fully saturated rings. The smallest absolute Gasteiger partial charge is 0.413 e. The number of nitrogens with one attached hydrogen (secondary N) is 1. The molecule has 0 atom stereocenters. The molecule has 1 amide bonds. The Hall–Kier alpha value is -5.63. The molecule has 264 valence electrons. The minimum absolute atomic E-state index is 0.0836. The van der Waals surface area contributed by atoms with Crippen molar-refractivity contribution in [1.82, 2.24) is 23.7 Å². The number of halogens is 2. The van der Waals surface area contributed by atoms with Gasteiger partial charge in [-0.05, 0) is 83.5 Å². The Kier molecular flexibility index (Phi) is 9.15. The van der Waals surface area contributed by atoms with Crippen LogP contribution in [0, 0.1) is 32.4 Å². The van der Waals surface area contributed by atoms with E-state index in [4.69, 9.17) is 9.47 Å². The number of nitrogens with zero attached hydrogens (tertiary/aromatic N) is 5. The predicted molar refractivity (Wildman–Crippen MR) is 189 cm³/mol. The van der Waals surface area contributed by atoms with Crippen molar-refractivity contribution in [3.05, 3.63) is 107 Å². The van der Waals surface area contributed by atoms with Crippen LogP contribution >= 0.6 is 0 Å². The number of amides is 1. The number of carbonyl (C=O) groups excluding carboxylic acids is 1. The number of ether oxygens (including phenoxy) is 2. The second-order valence-electron chi connectivity index (χ2n) is 13.1. The van der Waals surface area contributed by atoms with Crippen molar-refractivity contribution in [2.24, 2.45) is 0 Å². The monoisotopic (exact) mass is 714 g/mol. The van der Waals surface area contributed by atoms with Crippen molar-refractivity contribution in [2.75, 3.05) is 12.4 Å². The van der Waals surface area contributed by atoms with Crippen LogP contribution in [0.2, 0.25) is 0 Å². The molecule has 51 heavy (non-hydrogen) atoms. The third kappa shape index (κ3) is 7.17. The van der Waals surface area contributed by atoms with E-state index < -0.39 is 33.4 Å². The van der Waals surface area contributed by atoms with Crippen LogP contribution in [0.4, 0.5) is 19.4 Å². The number of anilines is 1. The fourth-order valence-electron chi connectivity index (χ4n) is 5.81. The van der Waals surface area contributed by atoms with E-state index in [9.17, 15) is 22.0 Å². The Morgan fingerprint density at radius 3 is 2.22 bits per heavy atom. The molecule has 0 saturated heterocycles. The molecular weight excluding hydrogens is 679 g/mol. The number of fused-ring (bicyclic) bond motifs is 1. The zero-order valence-electron chi connectivity index (χ0n) is 29.1. The number of pyridine rings is 2. The quantitative estimate of drug-likeness (QED) is 0.169. The molecular formula is C37H36F2N6O5S. The molecule has 0 spiro atoms. The van der Waals surface area contributed by atoms with Gasteiger partial charge in [-0.15, -0.1) is 0 Å². The van der Waals surface area contributed by atoms with Crippen LogP contribution in [0.1, 0.15) is 43.3 Å². The summed E-state index contributed by atoms with van der Waals surface area (Å²) < 4.78 is 69.9. The first kappa shape index (κ1) is 35.2. The molecule has 11 nitrogen and oxygen atoms in total. The topological polar surface area (TPSA) is 130 Å². The summed E-state index contributed by atoms with van der Waals surface area (Å²) in [6.07, 6.45) is 3.89. The minimum atomic E-state index is -4.11. The number of benzene rings is 2. The average Bonchev–Trinajstić information content (AvgIpc) is 3.55. The summed E-state index contributed by atoms with van der Waals surface area (Å²) in [5.74, 6) is -0.985. The van der Waals surface area contributed by atoms with Crippen LogP contribution < -0.4 is 10.1 Å². The zero-order chi connectivity index (χ0) is 36.8. The van der Waals surface area contributed by atoms with Gasteiger partial charge >= 0.3 is 6.09 Å². The van der Waals surface area contributed by atoms with Gasteiger partial charge in [0, 0.05) is 58.0 Å². The summed E-state index contributed by atoms with van der Waals surface area (Å²) in [7, 11) is -2.66. The summed E-state index contributed by atoms with van der Waals surface area (Å²) in [4.78, 5) is 21.6. The molecule has 6 rings (SSSR count). The van der Waals surface area contributed by atoms with E-state index in [0.29, 0.717) is 44.6 Å². The maximum atomic E-state index is 14.1. The van der Waals surface area contributed by atoms with Gasteiger partial charge in [-0.1, -0.05) is 17.7 Å². The van der Waals surface area contributed by atoms with Crippen LogP contribution in [0.3, 0.4) is 0 Å². The molecule has 0 bridgehead atoms. The van der Waals surface area contributed by atoms with Gasteiger partial charge in [-0.25, -0.2) is 35.9 Å². The Morgan fingerprint density at radius 2 is 1.57 bits per heavy atom. The van der Waals surface area contributed by atoms with Crippen LogP contribution in [0.5, 0.6) is 5.75 Å². The molecule has 4 aromatic heterocycles. The van der Waals surface area contributed by atoms with Crippen molar-refractivity contribution < 1.29 is 31.5 Å². The van der Waals surface area contributed by atoms with E-state index in [1.807, 2.05) is 13.8 Å². The molecule has 4 heterocycles. The summed E-state index contributed by atoms with van der Waals surface area (Å²) in [5, 5.41) is 7.77. The summed E-state index contributed by atoms with van der Waals surface area (Å²) in [6, 6.07) is 13.3. The fourth-order valence-corrected chi connectivity index (χ4v) is 7.14. The number of aryl methyl sites for hydroxylation is 2. The molecule has 0 unspecified atom stereocenters. The molecule has 6 aromatic rings. The van der Waals surface area contributed by atoms with Crippen molar-refractivity contribution in [2.45, 2.75) is 58.6 Å². The molecule has 0 saturated carbocycles. The van der Waals surface area contributed by atoms with Gasteiger partial charge in [0.2, 0.25) is 0 Å². The lowest BCUT2D eigenvalue weighted by Gasteiger charge is -2.20. The average molecular weight is 715 g/mol. The Morgan fingerprint density at radius 1 is 0.922 bits per heavy atom. The van der Waals surface area contributed by atoms with Gasteiger partial charge in [0.15, 0.2) is 17.2 Å². The lowest BCUT2D eigenvalue weighted by molar-refractivity contribution is 0.0634. The Balaban J connectivity index is 1.49. The van der Waals surface area contributed by atoms with Crippen LogP contribution in [0.25, 0.3) is 33.3 Å². The van der Waals surface area contributed by atoms with Crippen LogP contribution in [0.15, 0.2) is 78.1 Å². The third-order valence-electron chi connectivity index (χ3n) is 8.12. The van der Waals surface area contributed by atoms with E-state index in [1.165, 1.54) is 37.8 Å². The minimum Gasteiger partial charge on any atom is -0.493 e. The van der Waals surface area contributed by atoms with Crippen LogP contribution in [-0.2, 0) is 21.3 Å². The number of hydrogen-bond donors (Lipinski definition) is 1. The standard InChI is InChI=1S/C37H36F2N6O5S/c1-21-8-10-29(11-9-21)51(47,48)45-20-31(33-22(2)43-44(23(33)3)19-24-12-27(38)16-28(39)13-24)30-14-25(18-41-35(30)45)26-15-32(49-7)34(40-17-26)42-36(46)50-37(4,5)6/h8-18,20H,19H2,1-7H3,(H,40,42,46). The molecule has 14 heteroatoms. The SMILES string of the molecule is COc1cc(-c2cnc3c(c2)c(-c2c(C)nn(Cc4cc(F)cc(F)c4)c2C)cn3S(=O)(=O)c2ccc(C)cc2)cnc1NC(=O)OC(C)(C)C. The summed E-state index contributed by atoms with van der Waals surface area (Å²) in [6.45, 7) is 10.8. The van der Waals surface area contributed by atoms with Gasteiger partial charge < -0.3 is 9.47 Å². The van der Waals surface area contributed by atoms with Gasteiger partial charge in [0.1, 0.15) is 17.2 Å². The van der Waals surface area contributed by atoms with E-state index in [2.05, 4.69) is 20.4 Å².